The Hall–Kier alpha value is -0.240. The Morgan fingerprint density at radius 2 is 0.786 bits per heavy atom. The lowest BCUT2D eigenvalue weighted by Gasteiger charge is -2.46. The van der Waals surface area contributed by atoms with Crippen LogP contribution in [0.15, 0.2) is 0 Å². The number of aliphatic hydroxyl groups excluding tert-OH is 4. The zero-order chi connectivity index (χ0) is 10.8. The maximum atomic E-state index is 9.47. The molecule has 0 saturated carbocycles. The first-order valence-corrected chi connectivity index (χ1v) is 4.37. The van der Waals surface area contributed by atoms with Gasteiger partial charge in [0.15, 0.2) is 24.9 Å². The third-order valence-corrected chi connectivity index (χ3v) is 2.59. The minimum absolute atomic E-state index is 0. The molecule has 0 radical (unpaired) electrons. The van der Waals surface area contributed by atoms with Crippen LogP contribution >= 0.6 is 0 Å². The van der Waals surface area contributed by atoms with Crippen LogP contribution in [0.5, 0.6) is 0 Å². The standard InChI is InChI=1S/C8H20NO4.H2O/c1-5(10)9(6(2)11,7(3)12)8(4)13;/h5-8,10-13H,1-4H3;1H2/q+1;/p-1. The molecule has 0 bridgehead atoms. The lowest BCUT2D eigenvalue weighted by Crippen LogP contribution is -2.68. The van der Waals surface area contributed by atoms with E-state index in [4.69, 9.17) is 0 Å². The van der Waals surface area contributed by atoms with Crippen LogP contribution in [0.1, 0.15) is 27.7 Å². The molecular formula is C8H21NO5. The van der Waals surface area contributed by atoms with E-state index in [2.05, 4.69) is 0 Å². The van der Waals surface area contributed by atoms with Gasteiger partial charge < -0.3 is 25.9 Å². The molecule has 4 atom stereocenters. The summed E-state index contributed by atoms with van der Waals surface area (Å²) in [5.74, 6) is 0. The fourth-order valence-electron chi connectivity index (χ4n) is 1.87. The van der Waals surface area contributed by atoms with Gasteiger partial charge in [-0.25, -0.2) is 4.48 Å². The van der Waals surface area contributed by atoms with E-state index in [-0.39, 0.29) is 5.48 Å². The highest BCUT2D eigenvalue weighted by atomic mass is 16.4. The number of hydrogen-bond acceptors (Lipinski definition) is 5. The van der Waals surface area contributed by atoms with Crippen molar-refractivity contribution in [1.29, 1.82) is 0 Å². The average molecular weight is 211 g/mol. The molecule has 0 aromatic rings. The van der Waals surface area contributed by atoms with E-state index in [9.17, 15) is 20.4 Å². The van der Waals surface area contributed by atoms with Crippen molar-refractivity contribution in [2.24, 2.45) is 0 Å². The van der Waals surface area contributed by atoms with Crippen LogP contribution in [0.2, 0.25) is 0 Å². The normalized spacial score (nSPS) is 24.0. The Balaban J connectivity index is 0. The molecule has 4 unspecified atom stereocenters. The first-order chi connectivity index (χ1) is 5.77. The van der Waals surface area contributed by atoms with E-state index in [1.807, 2.05) is 0 Å². The Morgan fingerprint density at radius 1 is 0.643 bits per heavy atom. The number of quaternary nitrogens is 1. The molecule has 0 aliphatic carbocycles. The Bertz CT molecular complexity index is 120. The highest BCUT2D eigenvalue weighted by molar-refractivity contribution is 4.47. The Labute approximate surface area is 83.9 Å². The molecule has 0 saturated heterocycles. The van der Waals surface area contributed by atoms with Gasteiger partial charge in [-0.15, -0.1) is 0 Å². The van der Waals surface area contributed by atoms with Crippen molar-refractivity contribution in [2.75, 3.05) is 0 Å². The largest absolute Gasteiger partial charge is 0.870 e. The van der Waals surface area contributed by atoms with Crippen LogP contribution < -0.4 is 0 Å². The van der Waals surface area contributed by atoms with Gasteiger partial charge in [0.1, 0.15) is 0 Å². The second-order valence-electron chi connectivity index (χ2n) is 3.42. The second-order valence-corrected chi connectivity index (χ2v) is 3.42. The summed E-state index contributed by atoms with van der Waals surface area (Å²) >= 11 is 0. The van der Waals surface area contributed by atoms with Crippen LogP contribution in [0.4, 0.5) is 0 Å². The van der Waals surface area contributed by atoms with Crippen molar-refractivity contribution in [3.63, 3.8) is 0 Å². The monoisotopic (exact) mass is 211 g/mol. The fourth-order valence-corrected chi connectivity index (χ4v) is 1.87. The maximum absolute atomic E-state index is 9.47. The third-order valence-electron chi connectivity index (χ3n) is 2.59. The average Bonchev–Trinajstić information content (AvgIpc) is 1.82. The zero-order valence-corrected chi connectivity index (χ0v) is 8.99. The maximum Gasteiger partial charge on any atom is 0.193 e. The molecule has 0 amide bonds. The number of nitrogens with zero attached hydrogens (tertiary/aromatic N) is 1. The Kier molecular flexibility index (Phi) is 6.47. The Morgan fingerprint density at radius 3 is 0.786 bits per heavy atom. The van der Waals surface area contributed by atoms with E-state index in [1.54, 1.807) is 0 Å². The van der Waals surface area contributed by atoms with E-state index < -0.39 is 29.4 Å². The molecule has 0 aromatic heterocycles. The molecule has 6 heteroatoms. The molecule has 0 aliphatic rings. The summed E-state index contributed by atoms with van der Waals surface area (Å²) in [5.41, 5.74) is 0. The fraction of sp³-hybridized carbons (Fsp3) is 1.00. The molecule has 0 heterocycles. The zero-order valence-electron chi connectivity index (χ0n) is 8.99. The lowest BCUT2D eigenvalue weighted by atomic mass is 10.2. The molecule has 0 aromatic carbocycles. The molecule has 0 aliphatic heterocycles. The van der Waals surface area contributed by atoms with E-state index >= 15 is 0 Å². The van der Waals surface area contributed by atoms with Crippen molar-refractivity contribution >= 4 is 0 Å². The topological polar surface area (TPSA) is 111 Å². The highest BCUT2D eigenvalue weighted by Crippen LogP contribution is 2.24. The van der Waals surface area contributed by atoms with Gasteiger partial charge in [0, 0.05) is 27.7 Å². The van der Waals surface area contributed by atoms with Crippen molar-refractivity contribution in [3.05, 3.63) is 0 Å². The van der Waals surface area contributed by atoms with Crippen LogP contribution in [-0.2, 0) is 0 Å². The first-order valence-electron chi connectivity index (χ1n) is 4.37. The summed E-state index contributed by atoms with van der Waals surface area (Å²) < 4.78 is -0.556. The van der Waals surface area contributed by atoms with Crippen LogP contribution in [0, 0.1) is 0 Å². The summed E-state index contributed by atoms with van der Waals surface area (Å²) in [6, 6.07) is 0. The number of hydrogen-bond donors (Lipinski definition) is 4. The minimum atomic E-state index is -1.04. The molecule has 0 spiro atoms. The molecule has 0 rings (SSSR count). The quantitative estimate of drug-likeness (QED) is 0.351. The molecule has 88 valence electrons. The highest BCUT2D eigenvalue weighted by Gasteiger charge is 2.46. The van der Waals surface area contributed by atoms with Crippen LogP contribution in [0.25, 0.3) is 0 Å². The van der Waals surface area contributed by atoms with Gasteiger partial charge in [-0.3, -0.25) is 0 Å². The molecular weight excluding hydrogens is 190 g/mol. The first kappa shape index (κ1) is 16.2. The van der Waals surface area contributed by atoms with Crippen LogP contribution in [-0.4, -0.2) is 55.3 Å². The van der Waals surface area contributed by atoms with Crippen molar-refractivity contribution in [1.82, 2.24) is 0 Å². The van der Waals surface area contributed by atoms with E-state index in [1.165, 1.54) is 27.7 Å². The van der Waals surface area contributed by atoms with Gasteiger partial charge in [-0.05, 0) is 0 Å². The van der Waals surface area contributed by atoms with Gasteiger partial charge in [0.2, 0.25) is 0 Å². The van der Waals surface area contributed by atoms with Gasteiger partial charge in [-0.2, -0.15) is 0 Å². The second kappa shape index (κ2) is 5.59. The van der Waals surface area contributed by atoms with Gasteiger partial charge >= 0.3 is 0 Å². The summed E-state index contributed by atoms with van der Waals surface area (Å²) in [4.78, 5) is 0. The molecule has 5 N–H and O–H groups in total. The van der Waals surface area contributed by atoms with Crippen molar-refractivity contribution < 1.29 is 30.4 Å². The summed E-state index contributed by atoms with van der Waals surface area (Å²) in [5, 5.41) is 37.9. The predicted octanol–water partition coefficient (Wildman–Crippen LogP) is -1.02. The summed E-state index contributed by atoms with van der Waals surface area (Å²) in [7, 11) is 0. The van der Waals surface area contributed by atoms with E-state index in [0.717, 1.165) is 0 Å². The smallest absolute Gasteiger partial charge is 0.193 e. The van der Waals surface area contributed by atoms with Crippen molar-refractivity contribution in [2.45, 2.75) is 52.6 Å². The number of rotatable bonds is 4. The van der Waals surface area contributed by atoms with Gasteiger partial charge in [0.25, 0.3) is 0 Å². The van der Waals surface area contributed by atoms with Gasteiger partial charge in [0.05, 0.1) is 0 Å². The van der Waals surface area contributed by atoms with Gasteiger partial charge in [-0.1, -0.05) is 0 Å². The van der Waals surface area contributed by atoms with Crippen molar-refractivity contribution in [3.8, 4) is 0 Å². The lowest BCUT2D eigenvalue weighted by molar-refractivity contribution is -1.07. The SMILES string of the molecule is CC(O)[N+](C(C)O)(C(C)O)C(C)O.[OH-]. The summed E-state index contributed by atoms with van der Waals surface area (Å²) in [6.45, 7) is 5.69. The number of aliphatic hydroxyl groups is 4. The molecule has 6 nitrogen and oxygen atoms in total. The van der Waals surface area contributed by atoms with Crippen LogP contribution in [0.3, 0.4) is 0 Å². The third kappa shape index (κ3) is 2.41. The molecule has 14 heavy (non-hydrogen) atoms. The van der Waals surface area contributed by atoms with E-state index in [0.29, 0.717) is 0 Å². The summed E-state index contributed by atoms with van der Waals surface area (Å²) in [6.07, 6.45) is -4.17. The minimum Gasteiger partial charge on any atom is -0.870 e. The predicted molar refractivity (Wildman–Crippen MR) is 48.9 cm³/mol. The molecule has 0 fully saturated rings.